The number of fused-ring (bicyclic) bond motifs is 1. The van der Waals surface area contributed by atoms with Crippen LogP contribution >= 0.6 is 0 Å². The molecular weight excluding hydrogens is 360 g/mol. The minimum absolute atomic E-state index is 0.0462. The predicted octanol–water partition coefficient (Wildman–Crippen LogP) is 2.18. The standard InChI is InChI=1S/C21H24N2O5/c1-14-21(25)23(16-6-4-5-7-17(16)28-14)13-20(24)22-11-10-15-8-9-18(26-2)19(12-15)27-3/h4-9,12,14H,10-11,13H2,1-3H3,(H,22,24). The van der Waals surface area contributed by atoms with Crippen LogP contribution in [0.5, 0.6) is 17.2 Å². The number of anilines is 1. The van der Waals surface area contributed by atoms with Gasteiger partial charge in [0, 0.05) is 6.54 Å². The lowest BCUT2D eigenvalue weighted by Crippen LogP contribution is -2.49. The molecule has 1 aliphatic rings. The van der Waals surface area contributed by atoms with Crippen molar-refractivity contribution >= 4 is 17.5 Å². The Hall–Kier alpha value is -3.22. The summed E-state index contributed by atoms with van der Waals surface area (Å²) in [5, 5.41) is 2.87. The van der Waals surface area contributed by atoms with E-state index in [1.165, 1.54) is 4.90 Å². The van der Waals surface area contributed by atoms with Gasteiger partial charge in [-0.3, -0.25) is 14.5 Å². The number of amides is 2. The SMILES string of the molecule is COc1ccc(CCNC(=O)CN2C(=O)C(C)Oc3ccccc32)cc1OC. The van der Waals surface area contributed by atoms with Crippen molar-refractivity contribution in [2.24, 2.45) is 0 Å². The topological polar surface area (TPSA) is 77.1 Å². The highest BCUT2D eigenvalue weighted by Crippen LogP contribution is 2.33. The van der Waals surface area contributed by atoms with Gasteiger partial charge in [0.1, 0.15) is 12.3 Å². The first-order chi connectivity index (χ1) is 13.5. The fourth-order valence-corrected chi connectivity index (χ4v) is 3.10. The average Bonchev–Trinajstić information content (AvgIpc) is 2.71. The number of ether oxygens (including phenoxy) is 3. The van der Waals surface area contributed by atoms with Gasteiger partial charge in [-0.1, -0.05) is 18.2 Å². The summed E-state index contributed by atoms with van der Waals surface area (Å²) in [7, 11) is 3.17. The van der Waals surface area contributed by atoms with E-state index in [1.807, 2.05) is 30.3 Å². The molecular formula is C21H24N2O5. The first-order valence-corrected chi connectivity index (χ1v) is 9.08. The van der Waals surface area contributed by atoms with Crippen LogP contribution in [0.25, 0.3) is 0 Å². The summed E-state index contributed by atoms with van der Waals surface area (Å²) in [6.45, 7) is 2.08. The van der Waals surface area contributed by atoms with Gasteiger partial charge in [0.2, 0.25) is 5.91 Å². The highest BCUT2D eigenvalue weighted by molar-refractivity contribution is 6.03. The van der Waals surface area contributed by atoms with Gasteiger partial charge in [-0.05, 0) is 43.2 Å². The van der Waals surface area contributed by atoms with Gasteiger partial charge >= 0.3 is 0 Å². The number of methoxy groups -OCH3 is 2. The molecule has 0 radical (unpaired) electrons. The molecule has 3 rings (SSSR count). The Bertz CT molecular complexity index is 868. The molecule has 28 heavy (non-hydrogen) atoms. The summed E-state index contributed by atoms with van der Waals surface area (Å²) in [6.07, 6.45) is 0.0188. The largest absolute Gasteiger partial charge is 0.493 e. The maximum absolute atomic E-state index is 12.4. The van der Waals surface area contributed by atoms with E-state index in [2.05, 4.69) is 5.32 Å². The number of carbonyl (C=O) groups is 2. The Morgan fingerprint density at radius 1 is 1.14 bits per heavy atom. The highest BCUT2D eigenvalue weighted by Gasteiger charge is 2.32. The van der Waals surface area contributed by atoms with Gasteiger partial charge in [-0.2, -0.15) is 0 Å². The second-order valence-corrected chi connectivity index (χ2v) is 6.44. The number of rotatable bonds is 7. The van der Waals surface area contributed by atoms with Crippen LogP contribution in [0.3, 0.4) is 0 Å². The molecule has 1 aliphatic heterocycles. The zero-order valence-electron chi connectivity index (χ0n) is 16.2. The third kappa shape index (κ3) is 4.19. The van der Waals surface area contributed by atoms with Crippen LogP contribution in [0.2, 0.25) is 0 Å². The number of carbonyl (C=O) groups excluding carboxylic acids is 2. The van der Waals surface area contributed by atoms with Crippen LogP contribution in [-0.4, -0.2) is 45.2 Å². The molecule has 1 heterocycles. The quantitative estimate of drug-likeness (QED) is 0.792. The Balaban J connectivity index is 1.58. The number of nitrogens with one attached hydrogen (secondary N) is 1. The van der Waals surface area contributed by atoms with Crippen LogP contribution < -0.4 is 24.4 Å². The lowest BCUT2D eigenvalue weighted by Gasteiger charge is -2.32. The van der Waals surface area contributed by atoms with Crippen molar-refractivity contribution < 1.29 is 23.8 Å². The number of hydrogen-bond acceptors (Lipinski definition) is 5. The number of nitrogens with zero attached hydrogens (tertiary/aromatic N) is 1. The van der Waals surface area contributed by atoms with Crippen LogP contribution in [0, 0.1) is 0 Å². The third-order valence-corrected chi connectivity index (χ3v) is 4.56. The minimum atomic E-state index is -0.616. The molecule has 1 atom stereocenters. The molecule has 1 N–H and O–H groups in total. The van der Waals surface area contributed by atoms with Crippen molar-refractivity contribution in [1.29, 1.82) is 0 Å². The second kappa shape index (κ2) is 8.65. The Labute approximate surface area is 164 Å². The number of para-hydroxylation sites is 2. The van der Waals surface area contributed by atoms with Gasteiger partial charge in [0.05, 0.1) is 19.9 Å². The molecule has 0 saturated heterocycles. The van der Waals surface area contributed by atoms with E-state index in [9.17, 15) is 9.59 Å². The molecule has 1 unspecified atom stereocenters. The molecule has 0 aromatic heterocycles. The van der Waals surface area contributed by atoms with Crippen molar-refractivity contribution in [2.75, 3.05) is 32.2 Å². The minimum Gasteiger partial charge on any atom is -0.493 e. The van der Waals surface area contributed by atoms with Crippen molar-refractivity contribution in [1.82, 2.24) is 5.32 Å². The Kier molecular flexibility index (Phi) is 6.03. The zero-order valence-corrected chi connectivity index (χ0v) is 16.2. The number of hydrogen-bond donors (Lipinski definition) is 1. The van der Waals surface area contributed by atoms with E-state index in [1.54, 1.807) is 33.3 Å². The lowest BCUT2D eigenvalue weighted by molar-refractivity contribution is -0.128. The first kappa shape index (κ1) is 19.5. The average molecular weight is 384 g/mol. The van der Waals surface area contributed by atoms with Crippen LogP contribution in [0.15, 0.2) is 42.5 Å². The Morgan fingerprint density at radius 3 is 2.64 bits per heavy atom. The second-order valence-electron chi connectivity index (χ2n) is 6.44. The molecule has 0 aliphatic carbocycles. The number of benzene rings is 2. The summed E-state index contributed by atoms with van der Waals surface area (Å²) in [4.78, 5) is 26.3. The van der Waals surface area contributed by atoms with Gasteiger partial charge in [-0.25, -0.2) is 0 Å². The molecule has 0 spiro atoms. The zero-order chi connectivity index (χ0) is 20.1. The van der Waals surface area contributed by atoms with E-state index in [0.29, 0.717) is 35.9 Å². The predicted molar refractivity (Wildman–Crippen MR) is 105 cm³/mol. The van der Waals surface area contributed by atoms with Gasteiger partial charge in [-0.15, -0.1) is 0 Å². The normalized spacial score (nSPS) is 15.5. The lowest BCUT2D eigenvalue weighted by atomic mass is 10.1. The van der Waals surface area contributed by atoms with Gasteiger partial charge < -0.3 is 19.5 Å². The molecule has 7 nitrogen and oxygen atoms in total. The third-order valence-electron chi connectivity index (χ3n) is 4.56. The van der Waals surface area contributed by atoms with E-state index in [0.717, 1.165) is 5.56 Å². The van der Waals surface area contributed by atoms with Crippen molar-refractivity contribution in [3.63, 3.8) is 0 Å². The van der Waals surface area contributed by atoms with Crippen LogP contribution in [0.4, 0.5) is 5.69 Å². The molecule has 0 saturated carbocycles. The monoisotopic (exact) mass is 384 g/mol. The van der Waals surface area contributed by atoms with Gasteiger partial charge in [0.15, 0.2) is 17.6 Å². The van der Waals surface area contributed by atoms with E-state index in [4.69, 9.17) is 14.2 Å². The van der Waals surface area contributed by atoms with Crippen molar-refractivity contribution in [3.05, 3.63) is 48.0 Å². The van der Waals surface area contributed by atoms with Crippen LogP contribution in [-0.2, 0) is 16.0 Å². The first-order valence-electron chi connectivity index (χ1n) is 9.08. The molecule has 0 fully saturated rings. The Morgan fingerprint density at radius 2 is 1.89 bits per heavy atom. The summed E-state index contributed by atoms with van der Waals surface area (Å²) >= 11 is 0. The summed E-state index contributed by atoms with van der Waals surface area (Å²) in [5.41, 5.74) is 1.63. The molecule has 2 aromatic carbocycles. The smallest absolute Gasteiger partial charge is 0.268 e. The summed E-state index contributed by atoms with van der Waals surface area (Å²) < 4.78 is 16.1. The van der Waals surface area contributed by atoms with E-state index < -0.39 is 6.10 Å². The van der Waals surface area contributed by atoms with Crippen molar-refractivity contribution in [3.8, 4) is 17.2 Å². The summed E-state index contributed by atoms with van der Waals surface area (Å²) in [6, 6.07) is 12.9. The maximum Gasteiger partial charge on any atom is 0.268 e. The fraction of sp³-hybridized carbons (Fsp3) is 0.333. The molecule has 2 aromatic rings. The van der Waals surface area contributed by atoms with E-state index >= 15 is 0 Å². The summed E-state index contributed by atoms with van der Waals surface area (Å²) in [5.74, 6) is 1.46. The van der Waals surface area contributed by atoms with Crippen molar-refractivity contribution in [2.45, 2.75) is 19.4 Å². The maximum atomic E-state index is 12.4. The molecule has 2 amide bonds. The highest BCUT2D eigenvalue weighted by atomic mass is 16.5. The molecule has 0 bridgehead atoms. The van der Waals surface area contributed by atoms with E-state index in [-0.39, 0.29) is 18.4 Å². The molecule has 7 heteroatoms. The fourth-order valence-electron chi connectivity index (χ4n) is 3.10. The van der Waals surface area contributed by atoms with Gasteiger partial charge in [0.25, 0.3) is 5.91 Å². The van der Waals surface area contributed by atoms with Crippen LogP contribution in [0.1, 0.15) is 12.5 Å². The molecule has 148 valence electrons.